The summed E-state index contributed by atoms with van der Waals surface area (Å²) in [6, 6.07) is 4.59. The van der Waals surface area contributed by atoms with Crippen LogP contribution in [0, 0.1) is 18.7 Å². The number of halogens is 1. The Morgan fingerprint density at radius 2 is 2.18 bits per heavy atom. The average Bonchev–Trinajstić information content (AvgIpc) is 2.30. The maximum Gasteiger partial charge on any atom is 0.141 e. The molecule has 1 atom stereocenters. The minimum absolute atomic E-state index is 0.0300. The van der Waals surface area contributed by atoms with Gasteiger partial charge in [-0.1, -0.05) is 19.9 Å². The lowest BCUT2D eigenvalue weighted by Gasteiger charge is -2.12. The third-order valence-electron chi connectivity index (χ3n) is 2.93. The van der Waals surface area contributed by atoms with Crippen LogP contribution < -0.4 is 5.32 Å². The smallest absolute Gasteiger partial charge is 0.141 e. The second-order valence-electron chi connectivity index (χ2n) is 4.42. The molecule has 0 saturated heterocycles. The van der Waals surface area contributed by atoms with E-state index in [2.05, 4.69) is 5.32 Å². The summed E-state index contributed by atoms with van der Waals surface area (Å²) in [5, 5.41) is 3.15. The number of rotatable bonds is 6. The van der Waals surface area contributed by atoms with Gasteiger partial charge in [0.25, 0.3) is 0 Å². The van der Waals surface area contributed by atoms with Crippen molar-refractivity contribution < 1.29 is 9.18 Å². The van der Waals surface area contributed by atoms with Gasteiger partial charge in [-0.05, 0) is 36.7 Å². The zero-order chi connectivity index (χ0) is 12.8. The Labute approximate surface area is 102 Å². The summed E-state index contributed by atoms with van der Waals surface area (Å²) in [5.41, 5.74) is 1.76. The van der Waals surface area contributed by atoms with E-state index in [4.69, 9.17) is 0 Å². The Kier molecular flexibility index (Phi) is 5.29. The van der Waals surface area contributed by atoms with Gasteiger partial charge in [-0.3, -0.25) is 4.79 Å². The van der Waals surface area contributed by atoms with E-state index < -0.39 is 0 Å². The van der Waals surface area contributed by atoms with Crippen LogP contribution in [0.1, 0.15) is 25.0 Å². The zero-order valence-corrected chi connectivity index (χ0v) is 10.7. The maximum atomic E-state index is 13.1. The number of aryl methyl sites for hydroxylation is 1. The van der Waals surface area contributed by atoms with Crippen molar-refractivity contribution in [3.63, 3.8) is 0 Å². The summed E-state index contributed by atoms with van der Waals surface area (Å²) < 4.78 is 13.1. The molecular formula is C14H20FNO. The molecular weight excluding hydrogens is 217 g/mol. The first kappa shape index (κ1) is 13.8. The standard InChI is InChI=1S/C14H20FNO/c1-4-16-9-11(3)14(17)8-12-7-13(15)6-5-10(12)2/h5-7,11,16H,4,8-9H2,1-3H3. The van der Waals surface area contributed by atoms with Gasteiger partial charge < -0.3 is 5.32 Å². The minimum atomic E-state index is -0.280. The van der Waals surface area contributed by atoms with E-state index in [-0.39, 0.29) is 17.5 Å². The van der Waals surface area contributed by atoms with Gasteiger partial charge in [-0.25, -0.2) is 4.39 Å². The van der Waals surface area contributed by atoms with Crippen molar-refractivity contribution in [1.82, 2.24) is 5.32 Å². The third-order valence-corrected chi connectivity index (χ3v) is 2.93. The molecule has 17 heavy (non-hydrogen) atoms. The first-order chi connectivity index (χ1) is 8.04. The van der Waals surface area contributed by atoms with Crippen molar-refractivity contribution >= 4 is 5.78 Å². The lowest BCUT2D eigenvalue weighted by molar-refractivity contribution is -0.121. The van der Waals surface area contributed by atoms with E-state index >= 15 is 0 Å². The summed E-state index contributed by atoms with van der Waals surface area (Å²) in [5.74, 6) is -0.157. The van der Waals surface area contributed by atoms with Crippen LogP contribution in [0.4, 0.5) is 4.39 Å². The number of benzene rings is 1. The minimum Gasteiger partial charge on any atom is -0.316 e. The fraction of sp³-hybridized carbons (Fsp3) is 0.500. The molecule has 2 nitrogen and oxygen atoms in total. The van der Waals surface area contributed by atoms with E-state index in [0.29, 0.717) is 13.0 Å². The van der Waals surface area contributed by atoms with Gasteiger partial charge in [0.1, 0.15) is 11.6 Å². The maximum absolute atomic E-state index is 13.1. The van der Waals surface area contributed by atoms with Gasteiger partial charge in [0.15, 0.2) is 0 Å². The average molecular weight is 237 g/mol. The van der Waals surface area contributed by atoms with E-state index in [1.54, 1.807) is 6.07 Å². The number of hydrogen-bond donors (Lipinski definition) is 1. The molecule has 0 radical (unpaired) electrons. The van der Waals surface area contributed by atoms with Crippen LogP contribution in [-0.2, 0) is 11.2 Å². The fourth-order valence-electron chi connectivity index (χ4n) is 1.67. The van der Waals surface area contributed by atoms with Crippen LogP contribution in [0.3, 0.4) is 0 Å². The number of nitrogens with one attached hydrogen (secondary N) is 1. The van der Waals surface area contributed by atoms with Crippen LogP contribution in [0.25, 0.3) is 0 Å². The van der Waals surface area contributed by atoms with Crippen LogP contribution >= 0.6 is 0 Å². The molecule has 94 valence electrons. The third kappa shape index (κ3) is 4.27. The molecule has 0 aliphatic carbocycles. The van der Waals surface area contributed by atoms with Crippen molar-refractivity contribution in [2.75, 3.05) is 13.1 Å². The number of carbonyl (C=O) groups excluding carboxylic acids is 1. The Morgan fingerprint density at radius 3 is 2.82 bits per heavy atom. The number of hydrogen-bond acceptors (Lipinski definition) is 2. The SMILES string of the molecule is CCNCC(C)C(=O)Cc1cc(F)ccc1C. The first-order valence-corrected chi connectivity index (χ1v) is 6.03. The van der Waals surface area contributed by atoms with Crippen molar-refractivity contribution in [3.8, 4) is 0 Å². The number of Topliss-reactive ketones (excluding diaryl/α,β-unsaturated/α-hetero) is 1. The van der Waals surface area contributed by atoms with E-state index in [1.165, 1.54) is 12.1 Å². The van der Waals surface area contributed by atoms with Crippen molar-refractivity contribution in [2.24, 2.45) is 5.92 Å². The Balaban J connectivity index is 2.64. The van der Waals surface area contributed by atoms with E-state index in [9.17, 15) is 9.18 Å². The zero-order valence-electron chi connectivity index (χ0n) is 10.7. The van der Waals surface area contributed by atoms with Crippen LogP contribution in [-0.4, -0.2) is 18.9 Å². The topological polar surface area (TPSA) is 29.1 Å². The predicted molar refractivity (Wildman–Crippen MR) is 67.6 cm³/mol. The van der Waals surface area contributed by atoms with E-state index in [0.717, 1.165) is 17.7 Å². The molecule has 0 amide bonds. The van der Waals surface area contributed by atoms with Crippen molar-refractivity contribution in [1.29, 1.82) is 0 Å². The molecule has 1 aromatic carbocycles. The molecule has 0 spiro atoms. The molecule has 0 aromatic heterocycles. The number of carbonyl (C=O) groups is 1. The van der Waals surface area contributed by atoms with Gasteiger partial charge in [-0.2, -0.15) is 0 Å². The fourth-order valence-corrected chi connectivity index (χ4v) is 1.67. The first-order valence-electron chi connectivity index (χ1n) is 6.03. The summed E-state index contributed by atoms with van der Waals surface area (Å²) >= 11 is 0. The van der Waals surface area contributed by atoms with Gasteiger partial charge in [0, 0.05) is 18.9 Å². The molecule has 0 bridgehead atoms. The van der Waals surface area contributed by atoms with Crippen LogP contribution in [0.15, 0.2) is 18.2 Å². The summed E-state index contributed by atoms with van der Waals surface area (Å²) in [4.78, 5) is 11.9. The highest BCUT2D eigenvalue weighted by Crippen LogP contribution is 2.13. The predicted octanol–water partition coefficient (Wildman–Crippen LogP) is 2.49. The van der Waals surface area contributed by atoms with Gasteiger partial charge in [-0.15, -0.1) is 0 Å². The second-order valence-corrected chi connectivity index (χ2v) is 4.42. The Hall–Kier alpha value is -1.22. The number of ketones is 1. The van der Waals surface area contributed by atoms with E-state index in [1.807, 2.05) is 20.8 Å². The molecule has 1 rings (SSSR count). The molecule has 0 saturated carbocycles. The van der Waals surface area contributed by atoms with Crippen molar-refractivity contribution in [3.05, 3.63) is 35.1 Å². The molecule has 0 fully saturated rings. The summed E-state index contributed by atoms with van der Waals surface area (Å²) in [6.07, 6.45) is 0.316. The molecule has 0 aliphatic heterocycles. The van der Waals surface area contributed by atoms with Gasteiger partial charge in [0.2, 0.25) is 0 Å². The molecule has 0 heterocycles. The molecule has 1 aromatic rings. The van der Waals surface area contributed by atoms with Crippen LogP contribution in [0.2, 0.25) is 0 Å². The Bertz CT molecular complexity index is 390. The van der Waals surface area contributed by atoms with Gasteiger partial charge >= 0.3 is 0 Å². The van der Waals surface area contributed by atoms with Crippen molar-refractivity contribution in [2.45, 2.75) is 27.2 Å². The molecule has 0 aliphatic rings. The molecule has 1 unspecified atom stereocenters. The normalized spacial score (nSPS) is 12.5. The Morgan fingerprint density at radius 1 is 1.47 bits per heavy atom. The largest absolute Gasteiger partial charge is 0.316 e. The quantitative estimate of drug-likeness (QED) is 0.823. The molecule has 3 heteroatoms. The lowest BCUT2D eigenvalue weighted by Crippen LogP contribution is -2.27. The lowest BCUT2D eigenvalue weighted by atomic mass is 9.96. The summed E-state index contributed by atoms with van der Waals surface area (Å²) in [7, 11) is 0. The highest BCUT2D eigenvalue weighted by Gasteiger charge is 2.14. The second kappa shape index (κ2) is 6.50. The monoisotopic (exact) mass is 237 g/mol. The van der Waals surface area contributed by atoms with Crippen LogP contribution in [0.5, 0.6) is 0 Å². The summed E-state index contributed by atoms with van der Waals surface area (Å²) in [6.45, 7) is 7.35. The highest BCUT2D eigenvalue weighted by atomic mass is 19.1. The van der Waals surface area contributed by atoms with Gasteiger partial charge in [0.05, 0.1) is 0 Å². The molecule has 1 N–H and O–H groups in total. The highest BCUT2D eigenvalue weighted by molar-refractivity contribution is 5.83.